The quantitative estimate of drug-likeness (QED) is 0.402. The maximum absolute atomic E-state index is 13.2. The molecule has 3 heterocycles. The van der Waals surface area contributed by atoms with Crippen LogP contribution in [-0.2, 0) is 13.0 Å². The Morgan fingerprint density at radius 2 is 1.86 bits per heavy atom. The van der Waals surface area contributed by atoms with E-state index in [2.05, 4.69) is 37.0 Å². The molecular formula is C21H16FN5S2. The fourth-order valence-corrected chi connectivity index (χ4v) is 4.33. The molecule has 0 aliphatic heterocycles. The minimum atomic E-state index is -0.253. The Labute approximate surface area is 175 Å². The standard InChI is InChI=1S/C21H16FN5S2/c22-16-8-6-15(7-9-16)18-12-26-17(13-29-21(26)23-18)10-19-24-20(28)27(25-19)11-14-4-2-1-3-5-14/h1-9,12-13H,10-11H2,(H,24,25,28). The molecule has 0 fully saturated rings. The van der Waals surface area contributed by atoms with Gasteiger partial charge in [-0.1, -0.05) is 30.3 Å². The first kappa shape index (κ1) is 18.0. The van der Waals surface area contributed by atoms with Crippen LogP contribution in [-0.4, -0.2) is 24.1 Å². The highest BCUT2D eigenvalue weighted by Crippen LogP contribution is 2.24. The molecule has 0 aliphatic rings. The van der Waals surface area contributed by atoms with Crippen LogP contribution in [0, 0.1) is 10.6 Å². The van der Waals surface area contributed by atoms with E-state index < -0.39 is 0 Å². The van der Waals surface area contributed by atoms with E-state index in [0.29, 0.717) is 17.7 Å². The second-order valence-electron chi connectivity index (χ2n) is 6.71. The number of nitrogens with one attached hydrogen (secondary N) is 1. The zero-order chi connectivity index (χ0) is 19.8. The Morgan fingerprint density at radius 3 is 2.66 bits per heavy atom. The van der Waals surface area contributed by atoms with Crippen LogP contribution in [0.4, 0.5) is 4.39 Å². The van der Waals surface area contributed by atoms with Crippen LogP contribution in [0.5, 0.6) is 0 Å². The lowest BCUT2D eigenvalue weighted by Crippen LogP contribution is -2.02. The second kappa shape index (κ2) is 7.38. The molecule has 0 amide bonds. The number of hydrogen-bond acceptors (Lipinski definition) is 4. The number of imidazole rings is 1. The molecule has 2 aromatic carbocycles. The number of hydrogen-bond donors (Lipinski definition) is 1. The van der Waals surface area contributed by atoms with Gasteiger partial charge in [-0.2, -0.15) is 5.10 Å². The van der Waals surface area contributed by atoms with Gasteiger partial charge in [-0.3, -0.25) is 4.40 Å². The third-order valence-electron chi connectivity index (χ3n) is 4.67. The molecular weight excluding hydrogens is 405 g/mol. The van der Waals surface area contributed by atoms with Crippen molar-refractivity contribution in [1.82, 2.24) is 24.1 Å². The minimum Gasteiger partial charge on any atom is -0.318 e. The molecule has 5 rings (SSSR count). The maximum Gasteiger partial charge on any atom is 0.195 e. The van der Waals surface area contributed by atoms with E-state index in [1.165, 1.54) is 12.1 Å². The van der Waals surface area contributed by atoms with Crippen molar-refractivity contribution in [3.05, 3.63) is 93.8 Å². The predicted octanol–water partition coefficient (Wildman–Crippen LogP) is 5.10. The van der Waals surface area contributed by atoms with Crippen molar-refractivity contribution in [2.24, 2.45) is 0 Å². The fraction of sp³-hybridized carbons (Fsp3) is 0.0952. The minimum absolute atomic E-state index is 0.253. The van der Waals surface area contributed by atoms with Gasteiger partial charge in [0.2, 0.25) is 0 Å². The van der Waals surface area contributed by atoms with Gasteiger partial charge in [-0.15, -0.1) is 11.3 Å². The number of rotatable bonds is 5. The fourth-order valence-electron chi connectivity index (χ4n) is 3.23. The van der Waals surface area contributed by atoms with Gasteiger partial charge >= 0.3 is 0 Å². The van der Waals surface area contributed by atoms with Crippen molar-refractivity contribution in [2.75, 3.05) is 0 Å². The number of aromatic amines is 1. The zero-order valence-electron chi connectivity index (χ0n) is 15.2. The van der Waals surface area contributed by atoms with Crippen molar-refractivity contribution in [3.8, 4) is 11.3 Å². The van der Waals surface area contributed by atoms with Gasteiger partial charge < -0.3 is 4.98 Å². The highest BCUT2D eigenvalue weighted by molar-refractivity contribution is 7.71. The third kappa shape index (κ3) is 3.64. The molecule has 0 aliphatic carbocycles. The zero-order valence-corrected chi connectivity index (χ0v) is 16.9. The first-order chi connectivity index (χ1) is 14.2. The number of aromatic nitrogens is 5. The number of benzene rings is 2. The van der Waals surface area contributed by atoms with E-state index in [0.717, 1.165) is 33.3 Å². The Morgan fingerprint density at radius 1 is 1.07 bits per heavy atom. The molecule has 1 N–H and O–H groups in total. The maximum atomic E-state index is 13.2. The summed E-state index contributed by atoms with van der Waals surface area (Å²) in [6.45, 7) is 0.634. The summed E-state index contributed by atoms with van der Waals surface area (Å²) in [5.41, 5.74) is 3.93. The average Bonchev–Trinajstić information content (AvgIpc) is 3.40. The molecule has 0 spiro atoms. The van der Waals surface area contributed by atoms with Crippen molar-refractivity contribution >= 4 is 28.5 Å². The average molecular weight is 422 g/mol. The summed E-state index contributed by atoms with van der Waals surface area (Å²) in [5, 5.41) is 6.72. The van der Waals surface area contributed by atoms with E-state index in [4.69, 9.17) is 12.2 Å². The van der Waals surface area contributed by atoms with Gasteiger partial charge in [0.1, 0.15) is 11.6 Å². The lowest BCUT2D eigenvalue weighted by molar-refractivity contribution is 0.628. The van der Waals surface area contributed by atoms with Gasteiger partial charge in [-0.25, -0.2) is 14.1 Å². The van der Waals surface area contributed by atoms with Crippen LogP contribution in [0.15, 0.2) is 66.2 Å². The van der Waals surface area contributed by atoms with E-state index >= 15 is 0 Å². The molecule has 29 heavy (non-hydrogen) atoms. The van der Waals surface area contributed by atoms with E-state index in [1.54, 1.807) is 28.2 Å². The summed E-state index contributed by atoms with van der Waals surface area (Å²) in [4.78, 5) is 8.76. The van der Waals surface area contributed by atoms with Crippen LogP contribution in [0.25, 0.3) is 16.2 Å². The first-order valence-electron chi connectivity index (χ1n) is 9.07. The highest BCUT2D eigenvalue weighted by atomic mass is 32.1. The van der Waals surface area contributed by atoms with Crippen LogP contribution in [0.3, 0.4) is 0 Å². The molecule has 0 saturated heterocycles. The number of nitrogens with zero attached hydrogens (tertiary/aromatic N) is 4. The van der Waals surface area contributed by atoms with Crippen molar-refractivity contribution < 1.29 is 4.39 Å². The molecule has 8 heteroatoms. The lowest BCUT2D eigenvalue weighted by Gasteiger charge is -2.00. The van der Waals surface area contributed by atoms with Gasteiger partial charge in [0.05, 0.1) is 12.2 Å². The van der Waals surface area contributed by atoms with Gasteiger partial charge in [0.25, 0.3) is 0 Å². The van der Waals surface area contributed by atoms with Crippen LogP contribution < -0.4 is 0 Å². The lowest BCUT2D eigenvalue weighted by atomic mass is 10.2. The second-order valence-corrected chi connectivity index (χ2v) is 7.93. The molecule has 0 bridgehead atoms. The van der Waals surface area contributed by atoms with Crippen LogP contribution in [0.1, 0.15) is 17.1 Å². The summed E-state index contributed by atoms with van der Waals surface area (Å²) in [5.74, 6) is 0.555. The molecule has 0 saturated carbocycles. The molecule has 5 aromatic rings. The summed E-state index contributed by atoms with van der Waals surface area (Å²) in [6.07, 6.45) is 2.59. The monoisotopic (exact) mass is 421 g/mol. The Bertz CT molecular complexity index is 1330. The predicted molar refractivity (Wildman–Crippen MR) is 114 cm³/mol. The smallest absolute Gasteiger partial charge is 0.195 e. The van der Waals surface area contributed by atoms with Crippen LogP contribution in [0.2, 0.25) is 0 Å². The Kier molecular flexibility index (Phi) is 4.57. The largest absolute Gasteiger partial charge is 0.318 e. The normalized spacial score (nSPS) is 11.3. The summed E-state index contributed by atoms with van der Waals surface area (Å²) in [7, 11) is 0. The van der Waals surface area contributed by atoms with E-state index in [9.17, 15) is 4.39 Å². The highest BCUT2D eigenvalue weighted by Gasteiger charge is 2.12. The SMILES string of the molecule is Fc1ccc(-c2cn3c(Cc4nn(Cc5ccccc5)c(=S)[nH]4)csc3n2)cc1. The number of H-pyrrole nitrogens is 1. The first-order valence-corrected chi connectivity index (χ1v) is 10.4. The molecule has 0 unspecified atom stereocenters. The van der Waals surface area contributed by atoms with E-state index in [-0.39, 0.29) is 5.82 Å². The van der Waals surface area contributed by atoms with Gasteiger partial charge in [0, 0.05) is 29.3 Å². The van der Waals surface area contributed by atoms with Crippen molar-refractivity contribution in [2.45, 2.75) is 13.0 Å². The molecule has 5 nitrogen and oxygen atoms in total. The third-order valence-corrected chi connectivity index (χ3v) is 5.88. The summed E-state index contributed by atoms with van der Waals surface area (Å²) in [6, 6.07) is 16.5. The van der Waals surface area contributed by atoms with Crippen molar-refractivity contribution in [1.29, 1.82) is 0 Å². The van der Waals surface area contributed by atoms with E-state index in [1.807, 2.05) is 24.4 Å². The van der Waals surface area contributed by atoms with Crippen molar-refractivity contribution in [3.63, 3.8) is 0 Å². The van der Waals surface area contributed by atoms with Gasteiger partial charge in [-0.05, 0) is 42.0 Å². The summed E-state index contributed by atoms with van der Waals surface area (Å²) < 4.78 is 17.6. The number of halogens is 1. The number of thiazole rings is 1. The topological polar surface area (TPSA) is 50.9 Å². The molecule has 0 radical (unpaired) electrons. The Balaban J connectivity index is 1.41. The molecule has 3 aromatic heterocycles. The molecule has 0 atom stereocenters. The van der Waals surface area contributed by atoms with Crippen LogP contribution >= 0.6 is 23.6 Å². The van der Waals surface area contributed by atoms with Gasteiger partial charge in [0.15, 0.2) is 9.73 Å². The number of fused-ring (bicyclic) bond motifs is 1. The molecule has 144 valence electrons. The Hall–Kier alpha value is -3.10. The summed E-state index contributed by atoms with van der Waals surface area (Å²) >= 11 is 7.01.